The molecule has 2 heterocycles. The maximum atomic E-state index is 12.0. The van der Waals surface area contributed by atoms with Crippen molar-refractivity contribution in [3.8, 4) is 11.3 Å². The van der Waals surface area contributed by atoms with Crippen LogP contribution in [0.4, 0.5) is 0 Å². The van der Waals surface area contributed by atoms with Gasteiger partial charge in [0.25, 0.3) is 0 Å². The number of pyridine rings is 1. The van der Waals surface area contributed by atoms with E-state index < -0.39 is 0 Å². The fourth-order valence-corrected chi connectivity index (χ4v) is 4.09. The Balaban J connectivity index is 1.36. The smallest absolute Gasteiger partial charge is 0.223 e. The van der Waals surface area contributed by atoms with E-state index in [0.29, 0.717) is 17.8 Å². The van der Waals surface area contributed by atoms with Crippen molar-refractivity contribution in [2.24, 2.45) is 17.8 Å². The number of carbonyl (C=O) groups excluding carboxylic acids is 1. The van der Waals surface area contributed by atoms with Crippen LogP contribution in [0.2, 0.25) is 0 Å². The van der Waals surface area contributed by atoms with Crippen LogP contribution in [0.1, 0.15) is 50.6 Å². The molecule has 2 atom stereocenters. The highest BCUT2D eigenvalue weighted by Crippen LogP contribution is 2.39. The normalized spacial score (nSPS) is 27.7. The first-order chi connectivity index (χ1) is 12.7. The van der Waals surface area contributed by atoms with Crippen molar-refractivity contribution in [2.75, 3.05) is 6.54 Å². The van der Waals surface area contributed by atoms with Crippen LogP contribution in [0.5, 0.6) is 0 Å². The minimum atomic E-state index is 0.257. The number of hydrogen-bond donors (Lipinski definition) is 1. The molecule has 26 heavy (non-hydrogen) atoms. The summed E-state index contributed by atoms with van der Waals surface area (Å²) < 4.78 is 0. The Bertz CT molecular complexity index is 756. The summed E-state index contributed by atoms with van der Waals surface area (Å²) in [6, 6.07) is 5.94. The van der Waals surface area contributed by atoms with Crippen molar-refractivity contribution in [3.63, 3.8) is 0 Å². The van der Waals surface area contributed by atoms with Gasteiger partial charge in [0.05, 0.1) is 11.4 Å². The summed E-state index contributed by atoms with van der Waals surface area (Å²) in [6.07, 6.45) is 10.9. The van der Waals surface area contributed by atoms with Gasteiger partial charge >= 0.3 is 0 Å². The number of amides is 1. The molecule has 0 saturated heterocycles. The van der Waals surface area contributed by atoms with Gasteiger partial charge in [-0.05, 0) is 56.1 Å². The summed E-state index contributed by atoms with van der Waals surface area (Å²) in [5.74, 6) is 2.14. The summed E-state index contributed by atoms with van der Waals surface area (Å²) in [6.45, 7) is 2.97. The highest BCUT2D eigenvalue weighted by atomic mass is 16.2. The molecule has 5 heteroatoms. The molecule has 2 aromatic heterocycles. The molecule has 0 unspecified atom stereocenters. The largest absolute Gasteiger partial charge is 0.356 e. The molecule has 2 aliphatic rings. The summed E-state index contributed by atoms with van der Waals surface area (Å²) in [5.41, 5.74) is 3.11. The highest BCUT2D eigenvalue weighted by molar-refractivity contribution is 5.81. The third-order valence-corrected chi connectivity index (χ3v) is 5.93. The summed E-state index contributed by atoms with van der Waals surface area (Å²) in [5, 5.41) is 3.16. The SMILES string of the molecule is C[C@@H]1C[C@@H]1C(=O)NCC1CCC(c2ncncc2-c2ccccn2)CC1. The lowest BCUT2D eigenvalue weighted by atomic mass is 9.79. The van der Waals surface area contributed by atoms with Gasteiger partial charge in [-0.15, -0.1) is 0 Å². The molecule has 0 aromatic carbocycles. The van der Waals surface area contributed by atoms with Crippen molar-refractivity contribution in [1.82, 2.24) is 20.3 Å². The highest BCUT2D eigenvalue weighted by Gasteiger charge is 2.39. The van der Waals surface area contributed by atoms with E-state index in [4.69, 9.17) is 0 Å². The predicted molar refractivity (Wildman–Crippen MR) is 100 cm³/mol. The average Bonchev–Trinajstić information content (AvgIpc) is 3.44. The molecule has 0 radical (unpaired) electrons. The van der Waals surface area contributed by atoms with Gasteiger partial charge in [0.15, 0.2) is 0 Å². The van der Waals surface area contributed by atoms with Crippen LogP contribution in [0.25, 0.3) is 11.3 Å². The Kier molecular flexibility index (Phi) is 4.96. The van der Waals surface area contributed by atoms with E-state index in [9.17, 15) is 4.79 Å². The van der Waals surface area contributed by atoms with E-state index in [2.05, 4.69) is 27.2 Å². The first-order valence-electron chi connectivity index (χ1n) is 9.71. The molecule has 2 fully saturated rings. The van der Waals surface area contributed by atoms with Gasteiger partial charge in [0, 0.05) is 36.3 Å². The zero-order valence-corrected chi connectivity index (χ0v) is 15.3. The van der Waals surface area contributed by atoms with E-state index >= 15 is 0 Å². The molecule has 0 aliphatic heterocycles. The monoisotopic (exact) mass is 350 g/mol. The molecule has 2 saturated carbocycles. The quantitative estimate of drug-likeness (QED) is 0.895. The fourth-order valence-electron chi connectivity index (χ4n) is 4.09. The first-order valence-corrected chi connectivity index (χ1v) is 9.71. The van der Waals surface area contributed by atoms with Crippen LogP contribution < -0.4 is 5.32 Å². The summed E-state index contributed by atoms with van der Waals surface area (Å²) in [4.78, 5) is 25.3. The first kappa shape index (κ1) is 17.1. The Hall–Kier alpha value is -2.30. The maximum Gasteiger partial charge on any atom is 0.223 e. The maximum absolute atomic E-state index is 12.0. The van der Waals surface area contributed by atoms with E-state index in [1.807, 2.05) is 30.6 Å². The Labute approximate surface area is 154 Å². The molecule has 0 bridgehead atoms. The molecule has 136 valence electrons. The number of nitrogens with zero attached hydrogens (tertiary/aromatic N) is 3. The van der Waals surface area contributed by atoms with E-state index in [1.54, 1.807) is 6.33 Å². The fraction of sp³-hybridized carbons (Fsp3) is 0.524. The second-order valence-corrected chi connectivity index (χ2v) is 7.82. The van der Waals surface area contributed by atoms with Crippen molar-refractivity contribution in [3.05, 3.63) is 42.6 Å². The third kappa shape index (κ3) is 3.76. The number of nitrogens with one attached hydrogen (secondary N) is 1. The second-order valence-electron chi connectivity index (χ2n) is 7.82. The second kappa shape index (κ2) is 7.52. The lowest BCUT2D eigenvalue weighted by molar-refractivity contribution is -0.122. The lowest BCUT2D eigenvalue weighted by Gasteiger charge is -2.29. The van der Waals surface area contributed by atoms with Gasteiger partial charge in [0.2, 0.25) is 5.91 Å². The molecule has 1 N–H and O–H groups in total. The van der Waals surface area contributed by atoms with Crippen LogP contribution in [0.3, 0.4) is 0 Å². The molecular weight excluding hydrogens is 324 g/mol. The number of aromatic nitrogens is 3. The van der Waals surface area contributed by atoms with Crippen LogP contribution in [0.15, 0.2) is 36.9 Å². The standard InChI is InChI=1S/C21H26N4O/c1-14-10-17(14)21(26)24-11-15-5-7-16(8-6-15)20-18(12-22-13-25-20)19-4-2-3-9-23-19/h2-4,9,12-17H,5-8,10-11H2,1H3,(H,24,26)/t14-,15?,16?,17+/m1/s1. The summed E-state index contributed by atoms with van der Waals surface area (Å²) in [7, 11) is 0. The number of hydrogen-bond acceptors (Lipinski definition) is 4. The van der Waals surface area contributed by atoms with E-state index in [1.165, 1.54) is 0 Å². The lowest BCUT2D eigenvalue weighted by Crippen LogP contribution is -2.32. The molecule has 2 aromatic rings. The number of carbonyl (C=O) groups is 1. The van der Waals surface area contributed by atoms with Crippen molar-refractivity contribution >= 4 is 5.91 Å². The zero-order valence-electron chi connectivity index (χ0n) is 15.3. The van der Waals surface area contributed by atoms with Crippen LogP contribution in [0, 0.1) is 17.8 Å². The van der Waals surface area contributed by atoms with Gasteiger partial charge in [0.1, 0.15) is 6.33 Å². The van der Waals surface area contributed by atoms with E-state index in [0.717, 1.165) is 55.6 Å². The third-order valence-electron chi connectivity index (χ3n) is 5.93. The summed E-state index contributed by atoms with van der Waals surface area (Å²) >= 11 is 0. The minimum absolute atomic E-state index is 0.257. The molecular formula is C21H26N4O. The van der Waals surface area contributed by atoms with Gasteiger partial charge < -0.3 is 5.32 Å². The predicted octanol–water partition coefficient (Wildman–Crippen LogP) is 3.58. The van der Waals surface area contributed by atoms with E-state index in [-0.39, 0.29) is 11.8 Å². The van der Waals surface area contributed by atoms with Crippen molar-refractivity contribution < 1.29 is 4.79 Å². The van der Waals surface area contributed by atoms with Crippen LogP contribution in [-0.4, -0.2) is 27.4 Å². The van der Waals surface area contributed by atoms with Crippen LogP contribution >= 0.6 is 0 Å². The Morgan fingerprint density at radius 1 is 1.19 bits per heavy atom. The molecule has 5 nitrogen and oxygen atoms in total. The Morgan fingerprint density at radius 2 is 2.00 bits per heavy atom. The number of rotatable bonds is 5. The van der Waals surface area contributed by atoms with Crippen molar-refractivity contribution in [2.45, 2.75) is 44.9 Å². The Morgan fingerprint density at radius 3 is 2.69 bits per heavy atom. The van der Waals surface area contributed by atoms with Gasteiger partial charge in [-0.3, -0.25) is 9.78 Å². The average molecular weight is 350 g/mol. The molecule has 1 amide bonds. The molecule has 0 spiro atoms. The van der Waals surface area contributed by atoms with Gasteiger partial charge in [-0.25, -0.2) is 9.97 Å². The topological polar surface area (TPSA) is 67.8 Å². The van der Waals surface area contributed by atoms with Gasteiger partial charge in [-0.2, -0.15) is 0 Å². The molecule has 4 rings (SSSR count). The van der Waals surface area contributed by atoms with Crippen molar-refractivity contribution in [1.29, 1.82) is 0 Å². The van der Waals surface area contributed by atoms with Crippen LogP contribution in [-0.2, 0) is 4.79 Å². The zero-order chi connectivity index (χ0) is 17.9. The molecule has 2 aliphatic carbocycles. The minimum Gasteiger partial charge on any atom is -0.356 e. The van der Waals surface area contributed by atoms with Gasteiger partial charge in [-0.1, -0.05) is 13.0 Å².